The average Bonchev–Trinajstić information content (AvgIpc) is 2.98. The van der Waals surface area contributed by atoms with Gasteiger partial charge in [0.25, 0.3) is 0 Å². The summed E-state index contributed by atoms with van der Waals surface area (Å²) in [7, 11) is 1.58. The first-order valence-electron chi connectivity index (χ1n) is 7.81. The number of aromatic nitrogens is 1. The number of fused-ring (bicyclic) bond motifs is 1. The van der Waals surface area contributed by atoms with Gasteiger partial charge in [0.05, 0.1) is 13.5 Å². The van der Waals surface area contributed by atoms with Crippen LogP contribution in [0.2, 0.25) is 5.02 Å². The second-order valence-corrected chi connectivity index (χ2v) is 6.03. The van der Waals surface area contributed by atoms with Crippen LogP contribution >= 0.6 is 11.6 Å². The molecule has 4 nitrogen and oxygen atoms in total. The van der Waals surface area contributed by atoms with E-state index >= 15 is 0 Å². The highest BCUT2D eigenvalue weighted by molar-refractivity contribution is 6.30. The molecule has 2 N–H and O–H groups in total. The van der Waals surface area contributed by atoms with Gasteiger partial charge in [0.15, 0.2) is 0 Å². The van der Waals surface area contributed by atoms with Gasteiger partial charge in [-0.15, -0.1) is 0 Å². The summed E-state index contributed by atoms with van der Waals surface area (Å²) in [5.41, 5.74) is 3.10. The Kier molecular flexibility index (Phi) is 5.06. The molecule has 24 heavy (non-hydrogen) atoms. The number of amides is 1. The number of nitrogens with one attached hydrogen (secondary N) is 2. The van der Waals surface area contributed by atoms with E-state index in [0.29, 0.717) is 17.3 Å². The number of carbonyl (C=O) groups excluding carboxylic acids is 1. The number of carbonyl (C=O) groups is 1. The maximum Gasteiger partial charge on any atom is 0.224 e. The third-order valence-corrected chi connectivity index (χ3v) is 4.22. The quantitative estimate of drug-likeness (QED) is 0.717. The molecule has 1 aromatic heterocycles. The van der Waals surface area contributed by atoms with Gasteiger partial charge < -0.3 is 15.0 Å². The van der Waals surface area contributed by atoms with Gasteiger partial charge in [-0.05, 0) is 36.2 Å². The van der Waals surface area contributed by atoms with Crippen molar-refractivity contribution in [3.05, 3.63) is 64.8 Å². The predicted octanol–water partition coefficient (Wildman–Crippen LogP) is 3.73. The SMILES string of the molecule is COc1ccc(Cl)cc1CC(=O)NCCc1c[nH]c2ccccc12. The molecule has 0 saturated heterocycles. The first-order valence-corrected chi connectivity index (χ1v) is 8.19. The van der Waals surface area contributed by atoms with Gasteiger partial charge in [-0.2, -0.15) is 0 Å². The lowest BCUT2D eigenvalue weighted by Gasteiger charge is -2.09. The number of rotatable bonds is 6. The van der Waals surface area contributed by atoms with Gasteiger partial charge in [0, 0.05) is 34.2 Å². The number of benzene rings is 2. The van der Waals surface area contributed by atoms with E-state index in [2.05, 4.69) is 16.4 Å². The number of halogens is 1. The molecule has 0 atom stereocenters. The Balaban J connectivity index is 1.57. The van der Waals surface area contributed by atoms with Crippen LogP contribution in [0, 0.1) is 0 Å². The van der Waals surface area contributed by atoms with E-state index in [1.165, 1.54) is 10.9 Å². The van der Waals surface area contributed by atoms with Crippen LogP contribution in [-0.4, -0.2) is 24.5 Å². The number of para-hydroxylation sites is 1. The molecule has 3 aromatic rings. The van der Waals surface area contributed by atoms with Gasteiger partial charge in [0.1, 0.15) is 5.75 Å². The van der Waals surface area contributed by atoms with Crippen molar-refractivity contribution in [2.45, 2.75) is 12.8 Å². The van der Waals surface area contributed by atoms with Gasteiger partial charge in [-0.1, -0.05) is 29.8 Å². The lowest BCUT2D eigenvalue weighted by atomic mass is 10.1. The topological polar surface area (TPSA) is 54.1 Å². The van der Waals surface area contributed by atoms with Crippen LogP contribution in [-0.2, 0) is 17.6 Å². The van der Waals surface area contributed by atoms with Crippen molar-refractivity contribution < 1.29 is 9.53 Å². The van der Waals surface area contributed by atoms with E-state index in [9.17, 15) is 4.79 Å². The van der Waals surface area contributed by atoms with Crippen molar-refractivity contribution >= 4 is 28.4 Å². The maximum absolute atomic E-state index is 12.2. The second-order valence-electron chi connectivity index (χ2n) is 5.59. The summed E-state index contributed by atoms with van der Waals surface area (Å²) in [6.07, 6.45) is 3.02. The first kappa shape index (κ1) is 16.4. The molecule has 0 bridgehead atoms. The summed E-state index contributed by atoms with van der Waals surface area (Å²) < 4.78 is 5.27. The highest BCUT2D eigenvalue weighted by atomic mass is 35.5. The molecule has 0 saturated carbocycles. The number of H-pyrrole nitrogens is 1. The lowest BCUT2D eigenvalue weighted by molar-refractivity contribution is -0.120. The molecular formula is C19H19ClN2O2. The molecule has 0 unspecified atom stereocenters. The third kappa shape index (κ3) is 3.71. The molecule has 0 aliphatic carbocycles. The molecule has 3 rings (SSSR count). The van der Waals surface area contributed by atoms with E-state index < -0.39 is 0 Å². The Labute approximate surface area is 145 Å². The van der Waals surface area contributed by atoms with E-state index in [-0.39, 0.29) is 12.3 Å². The fourth-order valence-electron chi connectivity index (χ4n) is 2.80. The van der Waals surface area contributed by atoms with Crippen molar-refractivity contribution in [1.82, 2.24) is 10.3 Å². The molecule has 0 aliphatic heterocycles. The van der Waals surface area contributed by atoms with Crippen LogP contribution in [0.3, 0.4) is 0 Å². The molecule has 5 heteroatoms. The van der Waals surface area contributed by atoms with Crippen LogP contribution < -0.4 is 10.1 Å². The minimum atomic E-state index is -0.0459. The number of aromatic amines is 1. The molecule has 1 heterocycles. The minimum Gasteiger partial charge on any atom is -0.496 e. The molecule has 0 spiro atoms. The Bertz CT molecular complexity index is 857. The molecule has 0 radical (unpaired) electrons. The van der Waals surface area contributed by atoms with Crippen LogP contribution in [0.15, 0.2) is 48.7 Å². The van der Waals surface area contributed by atoms with Gasteiger partial charge in [-0.3, -0.25) is 4.79 Å². The van der Waals surface area contributed by atoms with E-state index in [1.54, 1.807) is 25.3 Å². The van der Waals surface area contributed by atoms with Gasteiger partial charge in [-0.25, -0.2) is 0 Å². The van der Waals surface area contributed by atoms with Crippen LogP contribution in [0.5, 0.6) is 5.75 Å². The molecule has 124 valence electrons. The lowest BCUT2D eigenvalue weighted by Crippen LogP contribution is -2.27. The van der Waals surface area contributed by atoms with Crippen molar-refractivity contribution in [2.75, 3.05) is 13.7 Å². The van der Waals surface area contributed by atoms with E-state index in [0.717, 1.165) is 17.5 Å². The number of hydrogen-bond acceptors (Lipinski definition) is 2. The zero-order valence-corrected chi connectivity index (χ0v) is 14.2. The minimum absolute atomic E-state index is 0.0459. The third-order valence-electron chi connectivity index (χ3n) is 3.98. The summed E-state index contributed by atoms with van der Waals surface area (Å²) in [5, 5.41) is 4.75. The number of methoxy groups -OCH3 is 1. The van der Waals surface area contributed by atoms with Gasteiger partial charge >= 0.3 is 0 Å². The van der Waals surface area contributed by atoms with Crippen LogP contribution in [0.1, 0.15) is 11.1 Å². The van der Waals surface area contributed by atoms with Gasteiger partial charge in [0.2, 0.25) is 5.91 Å². The number of ether oxygens (including phenoxy) is 1. The summed E-state index contributed by atoms with van der Waals surface area (Å²) in [6, 6.07) is 13.4. The van der Waals surface area contributed by atoms with E-state index in [4.69, 9.17) is 16.3 Å². The second kappa shape index (κ2) is 7.41. The highest BCUT2D eigenvalue weighted by Crippen LogP contribution is 2.23. The maximum atomic E-state index is 12.2. The average molecular weight is 343 g/mol. The van der Waals surface area contributed by atoms with Crippen molar-refractivity contribution in [1.29, 1.82) is 0 Å². The fourth-order valence-corrected chi connectivity index (χ4v) is 2.99. The zero-order valence-electron chi connectivity index (χ0n) is 13.4. The highest BCUT2D eigenvalue weighted by Gasteiger charge is 2.10. The Morgan fingerprint density at radius 1 is 1.21 bits per heavy atom. The first-order chi connectivity index (χ1) is 11.7. The van der Waals surface area contributed by atoms with Crippen molar-refractivity contribution in [3.8, 4) is 5.75 Å². The summed E-state index contributed by atoms with van der Waals surface area (Å²) in [5.74, 6) is 0.626. The monoisotopic (exact) mass is 342 g/mol. The molecule has 0 aliphatic rings. The molecule has 0 fully saturated rings. The van der Waals surface area contributed by atoms with Crippen LogP contribution in [0.4, 0.5) is 0 Å². The molecule has 1 amide bonds. The Morgan fingerprint density at radius 3 is 2.88 bits per heavy atom. The summed E-state index contributed by atoms with van der Waals surface area (Å²) in [4.78, 5) is 15.4. The molecular weight excluding hydrogens is 324 g/mol. The summed E-state index contributed by atoms with van der Waals surface area (Å²) in [6.45, 7) is 0.587. The zero-order chi connectivity index (χ0) is 16.9. The largest absolute Gasteiger partial charge is 0.496 e. The molecule has 2 aromatic carbocycles. The van der Waals surface area contributed by atoms with Crippen molar-refractivity contribution in [2.24, 2.45) is 0 Å². The Hall–Kier alpha value is -2.46. The summed E-state index contributed by atoms with van der Waals surface area (Å²) >= 11 is 5.99. The fraction of sp³-hybridized carbons (Fsp3) is 0.211. The smallest absolute Gasteiger partial charge is 0.224 e. The van der Waals surface area contributed by atoms with Crippen molar-refractivity contribution in [3.63, 3.8) is 0 Å². The standard InChI is InChI=1S/C19H19ClN2O2/c1-24-18-7-6-15(20)10-14(18)11-19(23)21-9-8-13-12-22-17-5-3-2-4-16(13)17/h2-7,10,12,22H,8-9,11H2,1H3,(H,21,23). The number of hydrogen-bond donors (Lipinski definition) is 2. The van der Waals surface area contributed by atoms with Crippen LogP contribution in [0.25, 0.3) is 10.9 Å². The van der Waals surface area contributed by atoms with E-state index in [1.807, 2.05) is 24.4 Å². The Morgan fingerprint density at radius 2 is 2.04 bits per heavy atom. The normalized spacial score (nSPS) is 10.8. The predicted molar refractivity (Wildman–Crippen MR) is 96.7 cm³/mol.